The lowest BCUT2D eigenvalue weighted by Crippen LogP contribution is -2.44. The molecule has 3 nitrogen and oxygen atoms in total. The predicted molar refractivity (Wildman–Crippen MR) is 73.0 cm³/mol. The molecule has 0 aromatic heterocycles. The SMILES string of the molecule is CCS(=O)(=O)CCCNC1CCCCC1(C)C. The summed E-state index contributed by atoms with van der Waals surface area (Å²) < 4.78 is 22.7. The van der Waals surface area contributed by atoms with Crippen LogP contribution < -0.4 is 5.32 Å². The van der Waals surface area contributed by atoms with Crippen LogP contribution in [0.1, 0.15) is 52.9 Å². The van der Waals surface area contributed by atoms with Crippen LogP contribution in [0.3, 0.4) is 0 Å². The first kappa shape index (κ1) is 15.0. The molecule has 0 amide bonds. The summed E-state index contributed by atoms with van der Waals surface area (Å²) in [4.78, 5) is 0. The van der Waals surface area contributed by atoms with Gasteiger partial charge in [0, 0.05) is 11.8 Å². The van der Waals surface area contributed by atoms with Gasteiger partial charge in [-0.15, -0.1) is 0 Å². The van der Waals surface area contributed by atoms with Crippen molar-refractivity contribution in [1.29, 1.82) is 0 Å². The molecule has 0 heterocycles. The van der Waals surface area contributed by atoms with E-state index in [-0.39, 0.29) is 5.75 Å². The van der Waals surface area contributed by atoms with Gasteiger partial charge in [0.05, 0.1) is 5.75 Å². The molecule has 17 heavy (non-hydrogen) atoms. The zero-order valence-electron chi connectivity index (χ0n) is 11.5. The monoisotopic (exact) mass is 261 g/mol. The predicted octanol–water partition coefficient (Wildman–Crippen LogP) is 2.37. The van der Waals surface area contributed by atoms with Crippen molar-refractivity contribution in [2.75, 3.05) is 18.1 Å². The van der Waals surface area contributed by atoms with Gasteiger partial charge in [-0.3, -0.25) is 0 Å². The van der Waals surface area contributed by atoms with Crippen molar-refractivity contribution in [3.63, 3.8) is 0 Å². The van der Waals surface area contributed by atoms with E-state index in [2.05, 4.69) is 19.2 Å². The Morgan fingerprint density at radius 1 is 1.29 bits per heavy atom. The summed E-state index contributed by atoms with van der Waals surface area (Å²) in [6.45, 7) is 7.17. The second-order valence-electron chi connectivity index (χ2n) is 5.83. The molecule has 1 saturated carbocycles. The maximum atomic E-state index is 11.3. The van der Waals surface area contributed by atoms with Crippen molar-refractivity contribution in [3.05, 3.63) is 0 Å². The molecule has 1 aliphatic carbocycles. The van der Waals surface area contributed by atoms with Crippen LogP contribution in [0.5, 0.6) is 0 Å². The minimum atomic E-state index is -2.79. The van der Waals surface area contributed by atoms with E-state index in [1.165, 1.54) is 25.7 Å². The number of nitrogens with one attached hydrogen (secondary N) is 1. The zero-order chi connectivity index (χ0) is 12.9. The van der Waals surface area contributed by atoms with Crippen LogP contribution in [-0.4, -0.2) is 32.5 Å². The summed E-state index contributed by atoms with van der Waals surface area (Å²) in [5, 5.41) is 3.54. The van der Waals surface area contributed by atoms with Crippen molar-refractivity contribution < 1.29 is 8.42 Å². The summed E-state index contributed by atoms with van der Waals surface area (Å²) in [7, 11) is -2.79. The third-order valence-corrected chi connectivity index (χ3v) is 5.76. The number of rotatable bonds is 6. The first-order chi connectivity index (χ1) is 7.87. The Hall–Kier alpha value is -0.0900. The molecule has 0 aliphatic heterocycles. The summed E-state index contributed by atoms with van der Waals surface area (Å²) in [6, 6.07) is 0.556. The Morgan fingerprint density at radius 3 is 2.59 bits per heavy atom. The van der Waals surface area contributed by atoms with Crippen LogP contribution in [0.4, 0.5) is 0 Å². The van der Waals surface area contributed by atoms with Crippen molar-refractivity contribution >= 4 is 9.84 Å². The van der Waals surface area contributed by atoms with Gasteiger partial charge < -0.3 is 5.32 Å². The Bertz CT molecular complexity index is 322. The van der Waals surface area contributed by atoms with Gasteiger partial charge in [0.1, 0.15) is 9.84 Å². The Labute approximate surface area is 106 Å². The van der Waals surface area contributed by atoms with Crippen LogP contribution in [0, 0.1) is 5.41 Å². The van der Waals surface area contributed by atoms with Gasteiger partial charge in [-0.25, -0.2) is 8.42 Å². The van der Waals surface area contributed by atoms with E-state index in [4.69, 9.17) is 0 Å². The van der Waals surface area contributed by atoms with Crippen LogP contribution in [0.2, 0.25) is 0 Å². The fraction of sp³-hybridized carbons (Fsp3) is 1.00. The first-order valence-electron chi connectivity index (χ1n) is 6.81. The van der Waals surface area contributed by atoms with E-state index in [1.54, 1.807) is 6.92 Å². The lowest BCUT2D eigenvalue weighted by Gasteiger charge is -2.39. The van der Waals surface area contributed by atoms with Crippen LogP contribution in [0.15, 0.2) is 0 Å². The molecule has 1 N–H and O–H groups in total. The minimum Gasteiger partial charge on any atom is -0.313 e. The number of sulfone groups is 1. The highest BCUT2D eigenvalue weighted by Gasteiger charge is 2.31. The molecule has 1 fully saturated rings. The molecule has 0 saturated heterocycles. The maximum Gasteiger partial charge on any atom is 0.150 e. The van der Waals surface area contributed by atoms with E-state index < -0.39 is 9.84 Å². The van der Waals surface area contributed by atoms with E-state index in [0.717, 1.165) is 13.0 Å². The fourth-order valence-corrected chi connectivity index (χ4v) is 3.46. The molecular weight excluding hydrogens is 234 g/mol. The highest BCUT2D eigenvalue weighted by Crippen LogP contribution is 2.35. The molecule has 0 spiro atoms. The molecule has 1 rings (SSSR count). The second kappa shape index (κ2) is 6.19. The Kier molecular flexibility index (Phi) is 5.45. The molecule has 0 radical (unpaired) electrons. The molecule has 1 unspecified atom stereocenters. The normalized spacial score (nSPS) is 24.8. The molecule has 0 bridgehead atoms. The largest absolute Gasteiger partial charge is 0.313 e. The van der Waals surface area contributed by atoms with Crippen molar-refractivity contribution in [2.45, 2.75) is 58.9 Å². The van der Waals surface area contributed by atoms with E-state index in [9.17, 15) is 8.42 Å². The van der Waals surface area contributed by atoms with Gasteiger partial charge in [0.15, 0.2) is 0 Å². The summed E-state index contributed by atoms with van der Waals surface area (Å²) in [5.74, 6) is 0.589. The van der Waals surface area contributed by atoms with E-state index >= 15 is 0 Å². The Balaban J connectivity index is 2.26. The summed E-state index contributed by atoms with van der Waals surface area (Å²) in [6.07, 6.45) is 5.87. The van der Waals surface area contributed by atoms with Crippen LogP contribution in [0.25, 0.3) is 0 Å². The standard InChI is InChI=1S/C13H27NO2S/c1-4-17(15,16)11-7-10-14-12-8-5-6-9-13(12,2)3/h12,14H,4-11H2,1-3H3. The minimum absolute atomic E-state index is 0.266. The van der Waals surface area contributed by atoms with Crippen LogP contribution in [-0.2, 0) is 9.84 Å². The van der Waals surface area contributed by atoms with Gasteiger partial charge in [0.25, 0.3) is 0 Å². The number of hydrogen-bond donors (Lipinski definition) is 1. The molecule has 102 valence electrons. The number of hydrogen-bond acceptors (Lipinski definition) is 3. The highest BCUT2D eigenvalue weighted by molar-refractivity contribution is 7.91. The van der Waals surface area contributed by atoms with E-state index in [1.807, 2.05) is 0 Å². The fourth-order valence-electron chi connectivity index (χ4n) is 2.59. The second-order valence-corrected chi connectivity index (χ2v) is 8.30. The zero-order valence-corrected chi connectivity index (χ0v) is 12.3. The summed E-state index contributed by atoms with van der Waals surface area (Å²) in [5.41, 5.74) is 0.363. The summed E-state index contributed by atoms with van der Waals surface area (Å²) >= 11 is 0. The van der Waals surface area contributed by atoms with Crippen molar-refractivity contribution in [1.82, 2.24) is 5.32 Å². The van der Waals surface area contributed by atoms with Crippen LogP contribution >= 0.6 is 0 Å². The quantitative estimate of drug-likeness (QED) is 0.747. The molecular formula is C13H27NO2S. The van der Waals surface area contributed by atoms with Crippen molar-refractivity contribution in [3.8, 4) is 0 Å². The average molecular weight is 261 g/mol. The molecule has 0 aromatic rings. The first-order valence-corrected chi connectivity index (χ1v) is 8.63. The van der Waals surface area contributed by atoms with Crippen molar-refractivity contribution in [2.24, 2.45) is 5.41 Å². The van der Waals surface area contributed by atoms with E-state index in [0.29, 0.717) is 17.2 Å². The molecule has 4 heteroatoms. The van der Waals surface area contributed by atoms with Gasteiger partial charge in [-0.2, -0.15) is 0 Å². The van der Waals surface area contributed by atoms with Gasteiger partial charge in [-0.1, -0.05) is 33.6 Å². The maximum absolute atomic E-state index is 11.3. The average Bonchev–Trinajstić information content (AvgIpc) is 2.26. The Morgan fingerprint density at radius 2 is 2.00 bits per heavy atom. The lowest BCUT2D eigenvalue weighted by atomic mass is 9.73. The molecule has 0 aromatic carbocycles. The lowest BCUT2D eigenvalue weighted by molar-refractivity contribution is 0.168. The van der Waals surface area contributed by atoms with Gasteiger partial charge >= 0.3 is 0 Å². The highest BCUT2D eigenvalue weighted by atomic mass is 32.2. The molecule has 1 atom stereocenters. The van der Waals surface area contributed by atoms with Gasteiger partial charge in [-0.05, 0) is 31.2 Å². The van der Waals surface area contributed by atoms with Gasteiger partial charge in [0.2, 0.25) is 0 Å². The smallest absolute Gasteiger partial charge is 0.150 e. The third kappa shape index (κ3) is 4.96. The third-order valence-electron chi connectivity index (χ3n) is 3.97. The molecule has 1 aliphatic rings. The topological polar surface area (TPSA) is 46.2 Å².